The summed E-state index contributed by atoms with van der Waals surface area (Å²) >= 11 is 0. The van der Waals surface area contributed by atoms with Gasteiger partial charge in [0.2, 0.25) is 5.91 Å². The van der Waals surface area contributed by atoms with E-state index in [-0.39, 0.29) is 11.9 Å². The van der Waals surface area contributed by atoms with Crippen molar-refractivity contribution in [3.05, 3.63) is 48.5 Å². The van der Waals surface area contributed by atoms with Crippen LogP contribution in [0.25, 0.3) is 5.69 Å². The second-order valence-corrected chi connectivity index (χ2v) is 5.28. The first kappa shape index (κ1) is 15.3. The third-order valence-electron chi connectivity index (χ3n) is 3.68. The van der Waals surface area contributed by atoms with Crippen molar-refractivity contribution in [3.8, 4) is 5.69 Å². The molecule has 1 heterocycles. The molecule has 1 aromatic carbocycles. The smallest absolute Gasteiger partial charge is 0.221 e. The molecule has 0 spiro atoms. The summed E-state index contributed by atoms with van der Waals surface area (Å²) in [4.78, 5) is 17.6. The average molecular weight is 286 g/mol. The Kier molecular flexibility index (Phi) is 5.11. The van der Waals surface area contributed by atoms with Gasteiger partial charge in [0.15, 0.2) is 0 Å². The Morgan fingerprint density at radius 1 is 1.38 bits per heavy atom. The van der Waals surface area contributed by atoms with Crippen molar-refractivity contribution in [1.82, 2.24) is 19.8 Å². The fourth-order valence-corrected chi connectivity index (χ4v) is 2.16. The van der Waals surface area contributed by atoms with Crippen molar-refractivity contribution >= 4 is 5.91 Å². The summed E-state index contributed by atoms with van der Waals surface area (Å²) in [5, 5.41) is 2.66. The average Bonchev–Trinajstić information content (AvgIpc) is 3.02. The summed E-state index contributed by atoms with van der Waals surface area (Å²) in [6, 6.07) is 8.58. The number of benzene rings is 1. The second kappa shape index (κ2) is 7.04. The Morgan fingerprint density at radius 2 is 2.10 bits per heavy atom. The molecule has 0 saturated heterocycles. The van der Waals surface area contributed by atoms with Gasteiger partial charge in [-0.3, -0.25) is 9.69 Å². The van der Waals surface area contributed by atoms with Gasteiger partial charge in [-0.25, -0.2) is 4.98 Å². The molecule has 2 aromatic rings. The minimum Gasteiger partial charge on any atom is -0.359 e. The fraction of sp³-hybridized carbons (Fsp3) is 0.375. The number of carbonyl (C=O) groups is 1. The largest absolute Gasteiger partial charge is 0.359 e. The Bertz CT molecular complexity index is 562. The molecule has 0 aliphatic heterocycles. The highest BCUT2D eigenvalue weighted by Crippen LogP contribution is 2.12. The highest BCUT2D eigenvalue weighted by Gasteiger charge is 2.13. The van der Waals surface area contributed by atoms with E-state index >= 15 is 0 Å². The molecule has 2 rings (SSSR count). The van der Waals surface area contributed by atoms with Crippen LogP contribution in [0.15, 0.2) is 43.0 Å². The molecular weight excluding hydrogens is 264 g/mol. The minimum absolute atomic E-state index is 0.0739. The predicted molar refractivity (Wildman–Crippen MR) is 83.2 cm³/mol. The van der Waals surface area contributed by atoms with Crippen LogP contribution in [0.4, 0.5) is 0 Å². The molecular formula is C16H22N4O. The molecule has 0 unspecified atom stereocenters. The van der Waals surface area contributed by atoms with E-state index in [1.807, 2.05) is 17.8 Å². The number of nitrogens with one attached hydrogen (secondary N) is 1. The second-order valence-electron chi connectivity index (χ2n) is 5.28. The number of carbonyl (C=O) groups excluding carboxylic acids is 1. The van der Waals surface area contributed by atoms with E-state index in [9.17, 15) is 4.79 Å². The third-order valence-corrected chi connectivity index (χ3v) is 3.68. The molecule has 0 aliphatic rings. The van der Waals surface area contributed by atoms with Crippen LogP contribution in [-0.4, -0.2) is 40.5 Å². The lowest BCUT2D eigenvalue weighted by Crippen LogP contribution is -2.33. The number of amides is 1. The number of nitrogens with zero attached hydrogens (tertiary/aromatic N) is 3. The monoisotopic (exact) mass is 286 g/mol. The minimum atomic E-state index is 0.0739. The quantitative estimate of drug-likeness (QED) is 0.881. The lowest BCUT2D eigenvalue weighted by Gasteiger charge is -2.24. The van der Waals surface area contributed by atoms with E-state index in [0.29, 0.717) is 6.42 Å². The van der Waals surface area contributed by atoms with Gasteiger partial charge in [0.25, 0.3) is 0 Å². The molecule has 1 amide bonds. The number of rotatable bonds is 6. The maximum Gasteiger partial charge on any atom is 0.221 e. The molecule has 5 nitrogen and oxygen atoms in total. The highest BCUT2D eigenvalue weighted by atomic mass is 16.1. The van der Waals surface area contributed by atoms with E-state index in [0.717, 1.165) is 12.2 Å². The molecule has 5 heteroatoms. The number of aromatic nitrogens is 2. The normalized spacial score (nSPS) is 12.4. The zero-order valence-electron chi connectivity index (χ0n) is 12.8. The van der Waals surface area contributed by atoms with Crippen molar-refractivity contribution in [2.45, 2.75) is 25.9 Å². The van der Waals surface area contributed by atoms with Gasteiger partial charge in [0.1, 0.15) is 0 Å². The Balaban J connectivity index is 1.95. The number of hydrogen-bond acceptors (Lipinski definition) is 3. The molecule has 0 fully saturated rings. The standard InChI is InChI=1S/C16H22N4O/c1-13(10-16(21)17-2)19(3)11-14-4-6-15(7-5-14)20-9-8-18-12-20/h4-9,12-13H,10-11H2,1-3H3,(H,17,21)/t13-/m1/s1. The van der Waals surface area contributed by atoms with E-state index in [2.05, 4.69) is 46.4 Å². The van der Waals surface area contributed by atoms with Crippen LogP contribution in [0.3, 0.4) is 0 Å². The number of imidazole rings is 1. The lowest BCUT2D eigenvalue weighted by atomic mass is 10.1. The zero-order valence-corrected chi connectivity index (χ0v) is 12.8. The predicted octanol–water partition coefficient (Wildman–Crippen LogP) is 1.83. The summed E-state index contributed by atoms with van der Waals surface area (Å²) in [7, 11) is 3.71. The third kappa shape index (κ3) is 4.16. The van der Waals surface area contributed by atoms with Crippen LogP contribution in [0.5, 0.6) is 0 Å². The summed E-state index contributed by atoms with van der Waals surface area (Å²) in [6.07, 6.45) is 5.99. The van der Waals surface area contributed by atoms with E-state index < -0.39 is 0 Å². The van der Waals surface area contributed by atoms with Gasteiger partial charge in [0.05, 0.1) is 6.33 Å². The van der Waals surface area contributed by atoms with Gasteiger partial charge in [-0.2, -0.15) is 0 Å². The summed E-state index contributed by atoms with van der Waals surface area (Å²) in [6.45, 7) is 2.89. The van der Waals surface area contributed by atoms with Gasteiger partial charge in [-0.15, -0.1) is 0 Å². The topological polar surface area (TPSA) is 50.2 Å². The van der Waals surface area contributed by atoms with Gasteiger partial charge >= 0.3 is 0 Å². The van der Waals surface area contributed by atoms with Gasteiger partial charge in [-0.05, 0) is 31.7 Å². The first-order valence-corrected chi connectivity index (χ1v) is 7.08. The van der Waals surface area contributed by atoms with E-state index in [1.54, 1.807) is 19.6 Å². The van der Waals surface area contributed by atoms with Gasteiger partial charge in [0, 0.05) is 44.1 Å². The van der Waals surface area contributed by atoms with Crippen LogP contribution in [0, 0.1) is 0 Å². The Labute approximate surface area is 125 Å². The fourth-order valence-electron chi connectivity index (χ4n) is 2.16. The molecule has 1 aromatic heterocycles. The van der Waals surface area contributed by atoms with Crippen molar-refractivity contribution in [2.75, 3.05) is 14.1 Å². The molecule has 1 N–H and O–H groups in total. The molecule has 0 bridgehead atoms. The van der Waals surface area contributed by atoms with Gasteiger partial charge < -0.3 is 9.88 Å². The summed E-state index contributed by atoms with van der Waals surface area (Å²) in [5.41, 5.74) is 2.32. The molecule has 0 saturated carbocycles. The van der Waals surface area contributed by atoms with E-state index in [4.69, 9.17) is 0 Å². The van der Waals surface area contributed by atoms with Crippen molar-refractivity contribution in [1.29, 1.82) is 0 Å². The van der Waals surface area contributed by atoms with Crippen LogP contribution in [0.2, 0.25) is 0 Å². The number of hydrogen-bond donors (Lipinski definition) is 1. The van der Waals surface area contributed by atoms with Crippen molar-refractivity contribution < 1.29 is 4.79 Å². The van der Waals surface area contributed by atoms with E-state index in [1.165, 1.54) is 5.56 Å². The van der Waals surface area contributed by atoms with Crippen molar-refractivity contribution in [3.63, 3.8) is 0 Å². The summed E-state index contributed by atoms with van der Waals surface area (Å²) < 4.78 is 1.97. The first-order valence-electron chi connectivity index (χ1n) is 7.08. The Hall–Kier alpha value is -2.14. The maximum atomic E-state index is 11.4. The zero-order chi connectivity index (χ0) is 15.2. The first-order chi connectivity index (χ1) is 10.1. The van der Waals surface area contributed by atoms with Gasteiger partial charge in [-0.1, -0.05) is 12.1 Å². The molecule has 0 radical (unpaired) electrons. The lowest BCUT2D eigenvalue weighted by molar-refractivity contribution is -0.121. The molecule has 1 atom stereocenters. The van der Waals surface area contributed by atoms with Crippen LogP contribution in [-0.2, 0) is 11.3 Å². The van der Waals surface area contributed by atoms with Crippen LogP contribution >= 0.6 is 0 Å². The Morgan fingerprint density at radius 3 is 2.67 bits per heavy atom. The molecule has 0 aliphatic carbocycles. The molecule has 112 valence electrons. The summed E-state index contributed by atoms with van der Waals surface area (Å²) in [5.74, 6) is 0.0739. The maximum absolute atomic E-state index is 11.4. The van der Waals surface area contributed by atoms with Crippen molar-refractivity contribution in [2.24, 2.45) is 0 Å². The van der Waals surface area contributed by atoms with Crippen LogP contribution < -0.4 is 5.32 Å². The highest BCUT2D eigenvalue weighted by molar-refractivity contribution is 5.76. The van der Waals surface area contributed by atoms with Crippen LogP contribution in [0.1, 0.15) is 18.9 Å². The SMILES string of the molecule is CNC(=O)C[C@@H](C)N(C)Cc1ccc(-n2ccnc2)cc1. The molecule has 21 heavy (non-hydrogen) atoms.